The van der Waals surface area contributed by atoms with Crippen molar-refractivity contribution < 1.29 is 28.5 Å². The number of benzene rings is 1. The molecule has 1 fully saturated rings. The Hall–Kier alpha value is -2.70. The minimum Gasteiger partial charge on any atom is -0.496 e. The van der Waals surface area contributed by atoms with E-state index in [4.69, 9.17) is 18.9 Å². The summed E-state index contributed by atoms with van der Waals surface area (Å²) in [5.74, 6) is 0.996. The predicted molar refractivity (Wildman–Crippen MR) is 108 cm³/mol. The standard InChI is InChI=1S/C22H29NO6/c1-5-23(6-2)22(25)29-15-8-9-16-19(12-15)28-13-17(21(16)24)14-7-10-18(26-3)20(11-14)27-4/h7,10-11,13,15-16,19H,5-6,8-9,12H2,1-4H3. The molecule has 1 amide bonds. The van der Waals surface area contributed by atoms with Crippen LogP contribution in [0, 0.1) is 5.92 Å². The highest BCUT2D eigenvalue weighted by atomic mass is 16.6. The summed E-state index contributed by atoms with van der Waals surface area (Å²) in [4.78, 5) is 27.0. The van der Waals surface area contributed by atoms with Crippen LogP contribution in [0.3, 0.4) is 0 Å². The molecule has 2 aliphatic rings. The van der Waals surface area contributed by atoms with Gasteiger partial charge in [-0.3, -0.25) is 4.79 Å². The Morgan fingerprint density at radius 2 is 1.86 bits per heavy atom. The first-order chi connectivity index (χ1) is 14.0. The van der Waals surface area contributed by atoms with Crippen molar-refractivity contribution in [2.45, 2.75) is 45.3 Å². The average Bonchev–Trinajstić information content (AvgIpc) is 2.74. The number of carbonyl (C=O) groups is 2. The zero-order valence-electron chi connectivity index (χ0n) is 17.5. The highest BCUT2D eigenvalue weighted by Gasteiger charge is 2.41. The third-order valence-electron chi connectivity index (χ3n) is 5.69. The van der Waals surface area contributed by atoms with E-state index in [2.05, 4.69) is 0 Å². The average molecular weight is 403 g/mol. The molecule has 0 saturated heterocycles. The maximum Gasteiger partial charge on any atom is 0.410 e. The molecule has 1 aromatic carbocycles. The Morgan fingerprint density at radius 1 is 1.14 bits per heavy atom. The third-order valence-corrected chi connectivity index (χ3v) is 5.69. The van der Waals surface area contributed by atoms with Gasteiger partial charge in [-0.1, -0.05) is 6.07 Å². The van der Waals surface area contributed by atoms with Gasteiger partial charge >= 0.3 is 6.09 Å². The lowest BCUT2D eigenvalue weighted by molar-refractivity contribution is -0.126. The van der Waals surface area contributed by atoms with Crippen LogP contribution in [0.5, 0.6) is 11.5 Å². The van der Waals surface area contributed by atoms with Crippen LogP contribution < -0.4 is 9.47 Å². The fraction of sp³-hybridized carbons (Fsp3) is 0.545. The minimum atomic E-state index is -0.304. The molecule has 158 valence electrons. The molecule has 0 bridgehead atoms. The Labute approximate surface area is 171 Å². The van der Waals surface area contributed by atoms with Gasteiger partial charge in [0.1, 0.15) is 12.2 Å². The van der Waals surface area contributed by atoms with E-state index in [9.17, 15) is 9.59 Å². The van der Waals surface area contributed by atoms with Crippen molar-refractivity contribution >= 4 is 17.4 Å². The van der Waals surface area contributed by atoms with Crippen LogP contribution in [0.25, 0.3) is 5.57 Å². The van der Waals surface area contributed by atoms with Gasteiger partial charge in [-0.05, 0) is 44.4 Å². The number of fused-ring (bicyclic) bond motifs is 1. The molecule has 0 aromatic heterocycles. The van der Waals surface area contributed by atoms with Crippen LogP contribution in [0.1, 0.15) is 38.7 Å². The molecule has 0 N–H and O–H groups in total. The van der Waals surface area contributed by atoms with Gasteiger partial charge in [-0.25, -0.2) is 4.79 Å². The van der Waals surface area contributed by atoms with Crippen LogP contribution in [0.15, 0.2) is 24.5 Å². The van der Waals surface area contributed by atoms with Crippen molar-refractivity contribution in [1.82, 2.24) is 4.90 Å². The van der Waals surface area contributed by atoms with Crippen molar-refractivity contribution in [2.75, 3.05) is 27.3 Å². The maximum absolute atomic E-state index is 13.1. The largest absolute Gasteiger partial charge is 0.496 e. The maximum atomic E-state index is 13.1. The van der Waals surface area contributed by atoms with Crippen LogP contribution in [0.4, 0.5) is 4.79 Å². The molecule has 0 radical (unpaired) electrons. The van der Waals surface area contributed by atoms with Crippen molar-refractivity contribution in [2.24, 2.45) is 5.92 Å². The lowest BCUT2D eigenvalue weighted by Crippen LogP contribution is -2.43. The topological polar surface area (TPSA) is 74.3 Å². The first kappa shape index (κ1) is 21.0. The number of methoxy groups -OCH3 is 2. The summed E-state index contributed by atoms with van der Waals surface area (Å²) >= 11 is 0. The van der Waals surface area contributed by atoms with Gasteiger partial charge in [0.15, 0.2) is 17.3 Å². The van der Waals surface area contributed by atoms with Gasteiger partial charge in [0.2, 0.25) is 0 Å². The number of carbonyl (C=O) groups excluding carboxylic acids is 2. The van der Waals surface area contributed by atoms with Crippen LogP contribution >= 0.6 is 0 Å². The summed E-state index contributed by atoms with van der Waals surface area (Å²) in [5, 5.41) is 0. The van der Waals surface area contributed by atoms with Crippen LogP contribution in [-0.4, -0.2) is 56.3 Å². The molecule has 1 saturated carbocycles. The molecular formula is C22H29NO6. The molecular weight excluding hydrogens is 374 g/mol. The van der Waals surface area contributed by atoms with E-state index in [1.54, 1.807) is 31.3 Å². The van der Waals surface area contributed by atoms with Crippen molar-refractivity contribution in [1.29, 1.82) is 0 Å². The number of nitrogens with zero attached hydrogens (tertiary/aromatic N) is 1. The van der Waals surface area contributed by atoms with Gasteiger partial charge in [-0.15, -0.1) is 0 Å². The smallest absolute Gasteiger partial charge is 0.410 e. The zero-order valence-corrected chi connectivity index (χ0v) is 17.5. The molecule has 1 aromatic rings. The number of ketones is 1. The van der Waals surface area contributed by atoms with Crippen LogP contribution in [-0.2, 0) is 14.3 Å². The summed E-state index contributed by atoms with van der Waals surface area (Å²) in [6.45, 7) is 5.07. The van der Waals surface area contributed by atoms with Gasteiger partial charge in [0.05, 0.1) is 32.0 Å². The van der Waals surface area contributed by atoms with E-state index in [-0.39, 0.29) is 30.0 Å². The molecule has 3 unspecified atom stereocenters. The number of allylic oxidation sites excluding steroid dienone is 1. The fourth-order valence-electron chi connectivity index (χ4n) is 3.98. The second kappa shape index (κ2) is 9.20. The van der Waals surface area contributed by atoms with E-state index in [1.807, 2.05) is 19.9 Å². The summed E-state index contributed by atoms with van der Waals surface area (Å²) < 4.78 is 22.1. The summed E-state index contributed by atoms with van der Waals surface area (Å²) in [6.07, 6.45) is 2.54. The Balaban J connectivity index is 1.71. The minimum absolute atomic E-state index is 0.0574. The first-order valence-electron chi connectivity index (χ1n) is 10.1. The van der Waals surface area contributed by atoms with Crippen LogP contribution in [0.2, 0.25) is 0 Å². The quantitative estimate of drug-likeness (QED) is 0.722. The highest BCUT2D eigenvalue weighted by Crippen LogP contribution is 2.39. The Kier molecular flexibility index (Phi) is 6.67. The monoisotopic (exact) mass is 403 g/mol. The number of hydrogen-bond donors (Lipinski definition) is 0. The Bertz CT molecular complexity index is 786. The van der Waals surface area contributed by atoms with Gasteiger partial charge in [-0.2, -0.15) is 0 Å². The van der Waals surface area contributed by atoms with Crippen molar-refractivity contribution in [3.05, 3.63) is 30.0 Å². The Morgan fingerprint density at radius 3 is 2.52 bits per heavy atom. The summed E-state index contributed by atoms with van der Waals surface area (Å²) in [7, 11) is 3.13. The summed E-state index contributed by atoms with van der Waals surface area (Å²) in [6, 6.07) is 5.38. The lowest BCUT2D eigenvalue weighted by atomic mass is 9.78. The normalized spacial score (nSPS) is 23.4. The number of Topliss-reactive ketones (excluding diaryl/α,β-unsaturated/α-hetero) is 1. The first-order valence-corrected chi connectivity index (χ1v) is 10.1. The fourth-order valence-corrected chi connectivity index (χ4v) is 3.98. The molecule has 29 heavy (non-hydrogen) atoms. The molecule has 3 rings (SSSR count). The van der Waals surface area contributed by atoms with Gasteiger partial charge in [0, 0.05) is 19.5 Å². The SMILES string of the molecule is CCN(CC)C(=O)OC1CCC2C(=O)C(c3ccc(OC)c(OC)c3)=COC2C1. The van der Waals surface area contributed by atoms with Crippen molar-refractivity contribution in [3.63, 3.8) is 0 Å². The molecule has 3 atom stereocenters. The number of rotatable bonds is 6. The highest BCUT2D eigenvalue weighted by molar-refractivity contribution is 6.22. The zero-order chi connectivity index (χ0) is 21.0. The second-order valence-corrected chi connectivity index (χ2v) is 7.24. The van der Waals surface area contributed by atoms with E-state index in [0.29, 0.717) is 49.4 Å². The third kappa shape index (κ3) is 4.33. The van der Waals surface area contributed by atoms with Gasteiger partial charge < -0.3 is 23.8 Å². The second-order valence-electron chi connectivity index (χ2n) is 7.24. The van der Waals surface area contributed by atoms with E-state index in [1.165, 1.54) is 6.26 Å². The molecule has 1 heterocycles. The van der Waals surface area contributed by atoms with E-state index >= 15 is 0 Å². The molecule has 0 spiro atoms. The molecule has 1 aliphatic carbocycles. The summed E-state index contributed by atoms with van der Waals surface area (Å²) in [5.41, 5.74) is 1.27. The number of hydrogen-bond acceptors (Lipinski definition) is 6. The predicted octanol–water partition coefficient (Wildman–Crippen LogP) is 3.66. The molecule has 7 nitrogen and oxygen atoms in total. The number of amides is 1. The molecule has 7 heteroatoms. The van der Waals surface area contributed by atoms with E-state index < -0.39 is 0 Å². The lowest BCUT2D eigenvalue weighted by Gasteiger charge is -2.37. The van der Waals surface area contributed by atoms with Crippen molar-refractivity contribution in [3.8, 4) is 11.5 Å². The van der Waals surface area contributed by atoms with Gasteiger partial charge in [0.25, 0.3) is 0 Å². The molecule has 1 aliphatic heterocycles. The number of ether oxygens (including phenoxy) is 4. The van der Waals surface area contributed by atoms with E-state index in [0.717, 1.165) is 5.56 Å².